The molecule has 0 fully saturated rings. The molecular formula is C65H41N7S2. The summed E-state index contributed by atoms with van der Waals surface area (Å²) in [5, 5.41) is 6.72. The van der Waals surface area contributed by atoms with Crippen molar-refractivity contribution in [3.05, 3.63) is 249 Å². The van der Waals surface area contributed by atoms with Crippen molar-refractivity contribution in [1.82, 2.24) is 34.9 Å². The first-order valence-corrected chi connectivity index (χ1v) is 25.9. The molecule has 0 saturated heterocycles. The number of fused-ring (bicyclic) bond motifs is 6. The van der Waals surface area contributed by atoms with Gasteiger partial charge < -0.3 is 0 Å². The van der Waals surface area contributed by atoms with Gasteiger partial charge in [-0.1, -0.05) is 218 Å². The first kappa shape index (κ1) is 44.5. The van der Waals surface area contributed by atoms with Gasteiger partial charge in [-0.3, -0.25) is 0 Å². The molecule has 0 bridgehead atoms. The summed E-state index contributed by atoms with van der Waals surface area (Å²) in [6.07, 6.45) is 0. The van der Waals surface area contributed by atoms with Crippen LogP contribution in [0.1, 0.15) is 0 Å². The van der Waals surface area contributed by atoms with Gasteiger partial charge in [-0.25, -0.2) is 34.9 Å². The van der Waals surface area contributed by atoms with Gasteiger partial charge in [0.1, 0.15) is 10.0 Å². The molecule has 0 aliphatic heterocycles. The highest BCUT2D eigenvalue weighted by Crippen LogP contribution is 2.39. The van der Waals surface area contributed by atoms with Gasteiger partial charge in [0, 0.05) is 55.3 Å². The fraction of sp³-hybridized carbons (Fsp3) is 0. The van der Waals surface area contributed by atoms with Crippen LogP contribution in [-0.2, 0) is 0 Å². The van der Waals surface area contributed by atoms with Crippen LogP contribution in [0.5, 0.6) is 0 Å². The summed E-state index contributed by atoms with van der Waals surface area (Å²) in [5.41, 5.74) is 12.1. The van der Waals surface area contributed by atoms with Gasteiger partial charge in [-0.2, -0.15) is 0 Å². The average molecular weight is 984 g/mol. The third-order valence-electron chi connectivity index (χ3n) is 12.9. The molecule has 0 aliphatic rings. The normalized spacial score (nSPS) is 11.2. The largest absolute Gasteiger partial charge is 0.236 e. The molecule has 0 radical (unpaired) electrons. The van der Waals surface area contributed by atoms with Crippen LogP contribution in [0.15, 0.2) is 249 Å². The van der Waals surface area contributed by atoms with Crippen LogP contribution in [0.25, 0.3) is 131 Å². The van der Waals surface area contributed by atoms with Crippen molar-refractivity contribution in [2.45, 2.75) is 0 Å². The van der Waals surface area contributed by atoms with Crippen molar-refractivity contribution < 1.29 is 0 Å². The Kier molecular flexibility index (Phi) is 11.8. The van der Waals surface area contributed by atoms with Gasteiger partial charge >= 0.3 is 0 Å². The quantitative estimate of drug-likeness (QED) is 0.150. The zero-order chi connectivity index (χ0) is 49.2. The smallest absolute Gasteiger partial charge is 0.164 e. The number of benzene rings is 10. The van der Waals surface area contributed by atoms with E-state index < -0.39 is 0 Å². The molecule has 4 heterocycles. The monoisotopic (exact) mass is 983 g/mol. The topological polar surface area (TPSA) is 90.2 Å². The molecular weight excluding hydrogens is 943 g/mol. The lowest BCUT2D eigenvalue weighted by Crippen LogP contribution is -2.00. The summed E-state index contributed by atoms with van der Waals surface area (Å²) >= 11 is 3.45. The summed E-state index contributed by atoms with van der Waals surface area (Å²) in [4.78, 5) is 34.5. The minimum Gasteiger partial charge on any atom is -0.236 e. The molecule has 4 aromatic heterocycles. The predicted octanol–water partition coefficient (Wildman–Crippen LogP) is 17.2. The van der Waals surface area contributed by atoms with Crippen LogP contribution < -0.4 is 0 Å². The van der Waals surface area contributed by atoms with Crippen LogP contribution in [0.3, 0.4) is 0 Å². The number of nitrogens with zero attached hydrogens (tertiary/aromatic N) is 7. The predicted molar refractivity (Wildman–Crippen MR) is 307 cm³/mol. The lowest BCUT2D eigenvalue weighted by Gasteiger charge is -2.10. The van der Waals surface area contributed by atoms with Gasteiger partial charge in [0.15, 0.2) is 23.3 Å². The number of aromatic nitrogens is 7. The van der Waals surface area contributed by atoms with Crippen LogP contribution in [0.4, 0.5) is 0 Å². The zero-order valence-corrected chi connectivity index (χ0v) is 41.3. The van der Waals surface area contributed by atoms with E-state index in [0.29, 0.717) is 23.3 Å². The summed E-state index contributed by atoms with van der Waals surface area (Å²) in [7, 11) is 0. The molecule has 0 amide bonds. The summed E-state index contributed by atoms with van der Waals surface area (Å²) < 4.78 is 2.35. The number of hydrogen-bond acceptors (Lipinski definition) is 9. The maximum atomic E-state index is 5.02. The second-order valence-corrected chi connectivity index (χ2v) is 19.7. The standard InChI is InChI=1S/C33H21N3S.C32H20N4S/c1-4-10-23(11-5-1)29-21-30(24-12-6-2-7-13-24)35-32(34-29)26-17-16-22-18-19-28-31(27(22)20-26)37-33(36-28)25-14-8-3-9-15-25;1-4-10-22(11-5-1)29-34-30(23-12-6-2-7-13-23)36-31(35-29)25-17-16-21-18-19-27-28(26(21)20-25)37-32(33-27)24-14-8-3-9-15-24/h1-21H;1-20H. The van der Waals surface area contributed by atoms with E-state index in [1.165, 1.54) is 25.6 Å². The molecule has 74 heavy (non-hydrogen) atoms. The van der Waals surface area contributed by atoms with Gasteiger partial charge in [0.2, 0.25) is 0 Å². The van der Waals surface area contributed by atoms with Crippen molar-refractivity contribution >= 4 is 64.7 Å². The van der Waals surface area contributed by atoms with Crippen LogP contribution in [-0.4, -0.2) is 34.9 Å². The van der Waals surface area contributed by atoms with E-state index in [-0.39, 0.29) is 0 Å². The molecule has 7 nitrogen and oxygen atoms in total. The Labute approximate surface area is 434 Å². The van der Waals surface area contributed by atoms with Crippen molar-refractivity contribution in [1.29, 1.82) is 0 Å². The van der Waals surface area contributed by atoms with Gasteiger partial charge in [-0.05, 0) is 41.1 Å². The minimum absolute atomic E-state index is 0.652. The van der Waals surface area contributed by atoms with E-state index in [4.69, 9.17) is 34.9 Å². The lowest BCUT2D eigenvalue weighted by molar-refractivity contribution is 1.07. The van der Waals surface area contributed by atoms with Crippen molar-refractivity contribution in [3.63, 3.8) is 0 Å². The van der Waals surface area contributed by atoms with E-state index in [2.05, 4.69) is 127 Å². The van der Waals surface area contributed by atoms with Gasteiger partial charge in [0.25, 0.3) is 0 Å². The fourth-order valence-electron chi connectivity index (χ4n) is 9.12. The lowest BCUT2D eigenvalue weighted by atomic mass is 10.0. The Morgan fingerprint density at radius 1 is 0.230 bits per heavy atom. The Hall–Kier alpha value is -9.41. The van der Waals surface area contributed by atoms with E-state index in [1.54, 1.807) is 22.7 Å². The van der Waals surface area contributed by atoms with E-state index in [1.807, 2.05) is 121 Å². The molecule has 14 aromatic rings. The molecule has 0 aliphatic carbocycles. The average Bonchev–Trinajstić information content (AvgIpc) is 4.16. The summed E-state index contributed by atoms with van der Waals surface area (Å²) in [5.74, 6) is 2.69. The molecule has 9 heteroatoms. The van der Waals surface area contributed by atoms with E-state index in [9.17, 15) is 0 Å². The molecule has 0 unspecified atom stereocenters. The Morgan fingerprint density at radius 2 is 0.541 bits per heavy atom. The highest BCUT2D eigenvalue weighted by atomic mass is 32.1. The number of rotatable bonds is 8. The van der Waals surface area contributed by atoms with Crippen molar-refractivity contribution in [2.75, 3.05) is 0 Å². The highest BCUT2D eigenvalue weighted by Gasteiger charge is 2.17. The minimum atomic E-state index is 0.652. The highest BCUT2D eigenvalue weighted by molar-refractivity contribution is 7.23. The van der Waals surface area contributed by atoms with Crippen LogP contribution in [0.2, 0.25) is 0 Å². The maximum absolute atomic E-state index is 5.02. The van der Waals surface area contributed by atoms with Crippen LogP contribution in [0, 0.1) is 0 Å². The van der Waals surface area contributed by atoms with Crippen LogP contribution >= 0.6 is 22.7 Å². The SMILES string of the molecule is c1ccc(-c2cc(-c3ccccc3)nc(-c3ccc4ccc5nc(-c6ccccc6)sc5c4c3)n2)cc1.c1ccc(-c2nc(-c3ccccc3)nc(-c3ccc4ccc5nc(-c6ccccc6)sc5c4c3)n2)cc1. The number of thiazole rings is 2. The summed E-state index contributed by atoms with van der Waals surface area (Å²) in [6, 6.07) is 84.9. The number of hydrogen-bond donors (Lipinski definition) is 0. The maximum Gasteiger partial charge on any atom is 0.164 e. The first-order valence-electron chi connectivity index (χ1n) is 24.3. The van der Waals surface area contributed by atoms with Gasteiger partial charge in [0.05, 0.1) is 31.8 Å². The second kappa shape index (κ2) is 19.7. The third-order valence-corrected chi connectivity index (χ3v) is 15.2. The Morgan fingerprint density at radius 3 is 0.919 bits per heavy atom. The second-order valence-electron chi connectivity index (χ2n) is 17.7. The summed E-state index contributed by atoms with van der Waals surface area (Å²) in [6.45, 7) is 0. The zero-order valence-electron chi connectivity index (χ0n) is 39.6. The van der Waals surface area contributed by atoms with E-state index in [0.717, 1.165) is 82.3 Å². The molecule has 14 rings (SSSR count). The third kappa shape index (κ3) is 8.98. The van der Waals surface area contributed by atoms with Crippen molar-refractivity contribution in [3.8, 4) is 89.2 Å². The molecule has 348 valence electrons. The Bertz CT molecular complexity index is 3890. The molecule has 10 aromatic carbocycles. The first-order chi connectivity index (χ1) is 36.6. The van der Waals surface area contributed by atoms with E-state index >= 15 is 0 Å². The Balaban J connectivity index is 0.000000143. The molecule has 0 N–H and O–H groups in total. The molecule has 0 spiro atoms. The molecule has 0 atom stereocenters. The van der Waals surface area contributed by atoms with Crippen molar-refractivity contribution in [2.24, 2.45) is 0 Å². The van der Waals surface area contributed by atoms with Gasteiger partial charge in [-0.15, -0.1) is 22.7 Å². The fourth-order valence-corrected chi connectivity index (χ4v) is 11.3. The molecule has 0 saturated carbocycles.